The molecule has 5 fully saturated rings. The smallest absolute Gasteiger partial charge is 0.410 e. The van der Waals surface area contributed by atoms with E-state index in [-0.39, 0.29) is 92.2 Å². The Morgan fingerprint density at radius 3 is 1.02 bits per heavy atom. The van der Waals surface area contributed by atoms with E-state index >= 15 is 0 Å². The third kappa shape index (κ3) is 31.9. The third-order valence-electron chi connectivity index (χ3n) is 12.4. The van der Waals surface area contributed by atoms with Crippen LogP contribution in [-0.4, -0.2) is 163 Å². The van der Waals surface area contributed by atoms with Gasteiger partial charge in [0, 0.05) is 115 Å². The minimum Gasteiger partial charge on any atom is -0.448 e. The van der Waals surface area contributed by atoms with Gasteiger partial charge in [0.1, 0.15) is 6.61 Å². The van der Waals surface area contributed by atoms with E-state index in [1.807, 2.05) is 175 Å². The molecule has 0 bridgehead atoms. The molecule has 5 aliphatic heterocycles. The van der Waals surface area contributed by atoms with Crippen molar-refractivity contribution in [3.05, 3.63) is 21.6 Å². The molecular formula is C64H141N9O7. The Balaban J connectivity index is -0.000000104. The Morgan fingerprint density at radius 1 is 0.450 bits per heavy atom. The SMILES string of the molecule is C.C.C.C.CC.CC.CC.CC.CC.CC(C)(C)N1CCCC1=O.CC(C)(C)N1CCOC1=O.CN1CCC(=O)N1C(C)(C)C.CN1CCC(C(C)(C)C)C1=O.CN1CCN(C(C)(C)C)C1=O.Cc1c(C(C)(C)C)c(=O)n(C)n1C. The maximum Gasteiger partial charge on any atom is 0.410 e. The summed E-state index contributed by atoms with van der Waals surface area (Å²) in [5, 5.41) is 3.81. The van der Waals surface area contributed by atoms with E-state index < -0.39 is 0 Å². The average Bonchev–Trinajstić information content (AvgIpc) is 4.19. The number of hydrogen-bond acceptors (Lipinski definition) is 8. The zero-order chi connectivity index (χ0) is 61.9. The second-order valence-corrected chi connectivity index (χ2v) is 24.3. The highest BCUT2D eigenvalue weighted by atomic mass is 16.6. The highest BCUT2D eigenvalue weighted by Gasteiger charge is 2.38. The van der Waals surface area contributed by atoms with Gasteiger partial charge in [-0.15, -0.1) is 0 Å². The molecular weight excluding hydrogens is 1010 g/mol. The van der Waals surface area contributed by atoms with Gasteiger partial charge in [0.15, 0.2) is 0 Å². The molecule has 484 valence electrons. The van der Waals surface area contributed by atoms with E-state index in [0.717, 1.165) is 69.8 Å². The van der Waals surface area contributed by atoms with Crippen molar-refractivity contribution < 1.29 is 28.7 Å². The molecule has 0 radical (unpaired) electrons. The van der Waals surface area contributed by atoms with Crippen molar-refractivity contribution in [2.45, 2.75) is 284 Å². The van der Waals surface area contributed by atoms with Crippen LogP contribution < -0.4 is 5.56 Å². The molecule has 0 spiro atoms. The van der Waals surface area contributed by atoms with Crippen LogP contribution in [0.2, 0.25) is 0 Å². The third-order valence-corrected chi connectivity index (χ3v) is 12.4. The monoisotopic (exact) mass is 1150 g/mol. The molecule has 1 atom stereocenters. The van der Waals surface area contributed by atoms with Gasteiger partial charge in [0.2, 0.25) is 17.7 Å². The minimum absolute atomic E-state index is 0. The molecule has 16 nitrogen and oxygen atoms in total. The molecule has 6 amide bonds. The number of rotatable bonds is 0. The van der Waals surface area contributed by atoms with Gasteiger partial charge >= 0.3 is 12.1 Å². The number of carbonyl (C=O) groups excluding carboxylic acids is 5. The minimum atomic E-state index is -0.187. The maximum absolute atomic E-state index is 11.8. The number of aromatic nitrogens is 2. The average molecular weight is 1150 g/mol. The Bertz CT molecular complexity index is 1790. The first-order chi connectivity index (χ1) is 34.6. The number of hydrogen-bond donors (Lipinski definition) is 0. The van der Waals surface area contributed by atoms with Gasteiger partial charge in [-0.2, -0.15) is 0 Å². The van der Waals surface area contributed by atoms with Crippen LogP contribution in [0, 0.1) is 18.3 Å². The highest BCUT2D eigenvalue weighted by molar-refractivity contribution is 5.81. The van der Waals surface area contributed by atoms with Gasteiger partial charge in [0.05, 0.1) is 12.1 Å². The molecule has 1 unspecified atom stereocenters. The largest absolute Gasteiger partial charge is 0.448 e. The van der Waals surface area contributed by atoms with Crippen LogP contribution in [-0.2, 0) is 38.6 Å². The number of likely N-dealkylation sites (N-methyl/N-ethyl adjacent to an activating group) is 1. The summed E-state index contributed by atoms with van der Waals surface area (Å²) < 4.78 is 8.32. The second-order valence-electron chi connectivity index (χ2n) is 24.3. The summed E-state index contributed by atoms with van der Waals surface area (Å²) in [5.41, 5.74) is 2.01. The molecule has 6 heterocycles. The number of hydrazine groups is 1. The Morgan fingerprint density at radius 2 is 0.875 bits per heavy atom. The van der Waals surface area contributed by atoms with Crippen LogP contribution in [0.15, 0.2) is 4.79 Å². The van der Waals surface area contributed by atoms with Crippen molar-refractivity contribution >= 4 is 29.8 Å². The summed E-state index contributed by atoms with van der Waals surface area (Å²) in [6.45, 7) is 64.9. The van der Waals surface area contributed by atoms with Crippen LogP contribution in [0.3, 0.4) is 0 Å². The molecule has 1 aromatic rings. The van der Waals surface area contributed by atoms with Crippen LogP contribution in [0.5, 0.6) is 0 Å². The van der Waals surface area contributed by atoms with E-state index in [0.29, 0.717) is 24.8 Å². The molecule has 6 rings (SSSR count). The van der Waals surface area contributed by atoms with Crippen molar-refractivity contribution in [1.29, 1.82) is 0 Å². The van der Waals surface area contributed by atoms with Gasteiger partial charge in [0.25, 0.3) is 5.56 Å². The first-order valence-electron chi connectivity index (χ1n) is 28.9. The van der Waals surface area contributed by atoms with Crippen molar-refractivity contribution in [2.24, 2.45) is 25.4 Å². The predicted molar refractivity (Wildman–Crippen MR) is 350 cm³/mol. The van der Waals surface area contributed by atoms with Crippen LogP contribution in [0.25, 0.3) is 0 Å². The number of amides is 6. The number of urea groups is 1. The summed E-state index contributed by atoms with van der Waals surface area (Å²) in [7, 11) is 9.38. The predicted octanol–water partition coefficient (Wildman–Crippen LogP) is 15.2. The lowest BCUT2D eigenvalue weighted by Gasteiger charge is -2.36. The quantitative estimate of drug-likeness (QED) is 0.250. The number of ether oxygens (including phenoxy) is 1. The van der Waals surface area contributed by atoms with Crippen LogP contribution in [0.1, 0.15) is 261 Å². The fourth-order valence-electron chi connectivity index (χ4n) is 8.50. The van der Waals surface area contributed by atoms with Crippen LogP contribution in [0.4, 0.5) is 9.59 Å². The zero-order valence-corrected chi connectivity index (χ0v) is 56.2. The van der Waals surface area contributed by atoms with E-state index in [4.69, 9.17) is 4.74 Å². The molecule has 0 saturated carbocycles. The summed E-state index contributed by atoms with van der Waals surface area (Å²) in [6, 6.07) is 0.150. The van der Waals surface area contributed by atoms with E-state index in [2.05, 4.69) is 83.1 Å². The first-order valence-corrected chi connectivity index (χ1v) is 28.9. The number of nitrogens with zero attached hydrogens (tertiary/aromatic N) is 9. The van der Waals surface area contributed by atoms with Crippen molar-refractivity contribution in [3.8, 4) is 0 Å². The lowest BCUT2D eigenvalue weighted by atomic mass is 9.80. The topological polar surface area (TPSA) is 144 Å². The second kappa shape index (κ2) is 42.7. The van der Waals surface area contributed by atoms with Gasteiger partial charge in [-0.3, -0.25) is 38.5 Å². The number of cyclic esters (lactones) is 1. The lowest BCUT2D eigenvalue weighted by Crippen LogP contribution is -2.49. The Kier molecular flexibility index (Phi) is 50.8. The Labute approximate surface area is 498 Å². The maximum atomic E-state index is 11.8. The van der Waals surface area contributed by atoms with E-state index in [1.165, 1.54) is 0 Å². The van der Waals surface area contributed by atoms with E-state index in [9.17, 15) is 28.8 Å². The molecule has 0 aliphatic carbocycles. The van der Waals surface area contributed by atoms with Gasteiger partial charge in [-0.25, -0.2) is 14.6 Å². The van der Waals surface area contributed by atoms with Gasteiger partial charge in [-0.05, 0) is 114 Å². The summed E-state index contributed by atoms with van der Waals surface area (Å²) in [6.07, 6.45) is 3.28. The molecule has 5 saturated heterocycles. The van der Waals surface area contributed by atoms with Crippen LogP contribution >= 0.6 is 0 Å². The molecule has 16 heteroatoms. The van der Waals surface area contributed by atoms with Gasteiger partial charge in [-0.1, -0.05) is 140 Å². The summed E-state index contributed by atoms with van der Waals surface area (Å²) in [4.78, 5) is 77.2. The standard InChI is InChI=1S/C10H18N2O.C9H17NO.2C8H16N2O.C8H15NO.C7H13NO2.5C2H6.4CH4/c1-7-8(10(2,3)4)9(13)12(6)11(7)5;1-9(2,3)7-5-6-10(4)8(7)11;1-8(2,3)10-6-5-9(4)7(10)11;1-8(2,3)10-7(11)5-6-9(10)4;1-8(2,3)9-6-4-5-7(9)10;1-7(2,3)8-4-5-10-6(8)9;5*1-2;;;;/h1-6H3;7H,5-6H2,1-4H3;2*5-6H2,1-4H3;4-6H2,1-3H3;4-5H2,1-3H3;5*1-2H3;4*1H4. The molecule has 0 N–H and O–H groups in total. The molecule has 5 aliphatic rings. The molecule has 0 aromatic carbocycles. The molecule has 1 aromatic heterocycles. The Hall–Kier alpha value is -4.08. The van der Waals surface area contributed by atoms with Gasteiger partial charge < -0.3 is 24.3 Å². The van der Waals surface area contributed by atoms with E-state index in [1.54, 1.807) is 21.5 Å². The highest BCUT2D eigenvalue weighted by Crippen LogP contribution is 2.34. The van der Waals surface area contributed by atoms with Crippen molar-refractivity contribution in [3.63, 3.8) is 0 Å². The lowest BCUT2D eigenvalue weighted by molar-refractivity contribution is -0.145. The summed E-state index contributed by atoms with van der Waals surface area (Å²) >= 11 is 0. The fourth-order valence-corrected chi connectivity index (χ4v) is 8.50. The number of likely N-dealkylation sites (tertiary alicyclic amines) is 2. The molecule has 80 heavy (non-hydrogen) atoms. The summed E-state index contributed by atoms with van der Waals surface area (Å²) in [5.74, 6) is 1.11. The van der Waals surface area contributed by atoms with Crippen molar-refractivity contribution in [2.75, 3.05) is 67.0 Å². The van der Waals surface area contributed by atoms with Crippen molar-refractivity contribution in [1.82, 2.24) is 43.9 Å². The fraction of sp³-hybridized carbons (Fsp3) is 0.875. The first kappa shape index (κ1) is 95.2. The number of carbonyl (C=O) groups is 5. The normalized spacial score (nSPS) is 16.6. The zero-order valence-electron chi connectivity index (χ0n) is 56.2.